The van der Waals surface area contributed by atoms with Crippen molar-refractivity contribution in [3.05, 3.63) is 58.6 Å². The van der Waals surface area contributed by atoms with Crippen LogP contribution in [0.15, 0.2) is 53.4 Å². The van der Waals surface area contributed by atoms with Crippen molar-refractivity contribution < 1.29 is 24.0 Å². The Balaban J connectivity index is 1.50. The highest BCUT2D eigenvalue weighted by atomic mass is 32.2. The number of amides is 2. The lowest BCUT2D eigenvalue weighted by Gasteiger charge is -2.28. The van der Waals surface area contributed by atoms with Gasteiger partial charge < -0.3 is 15.0 Å². The van der Waals surface area contributed by atoms with Crippen molar-refractivity contribution in [3.8, 4) is 0 Å². The molecule has 0 fully saturated rings. The second-order valence-corrected chi connectivity index (χ2v) is 7.05. The van der Waals surface area contributed by atoms with E-state index >= 15 is 0 Å². The Morgan fingerprint density at radius 2 is 1.90 bits per heavy atom. The Morgan fingerprint density at radius 1 is 1.17 bits per heavy atom. The molecule has 0 saturated carbocycles. The third-order valence-corrected chi connectivity index (χ3v) is 5.13. The summed E-state index contributed by atoms with van der Waals surface area (Å²) in [6.45, 7) is -0.438. The quantitative estimate of drug-likeness (QED) is 0.419. The number of para-hydroxylation sites is 3. The first kappa shape index (κ1) is 20.3. The van der Waals surface area contributed by atoms with Gasteiger partial charge in [0.25, 0.3) is 11.6 Å². The van der Waals surface area contributed by atoms with Crippen LogP contribution < -0.4 is 10.2 Å². The molecule has 0 saturated heterocycles. The predicted molar refractivity (Wildman–Crippen MR) is 107 cm³/mol. The highest BCUT2D eigenvalue weighted by molar-refractivity contribution is 8.00. The molecule has 0 aliphatic carbocycles. The number of anilines is 2. The van der Waals surface area contributed by atoms with Crippen LogP contribution in [0.25, 0.3) is 0 Å². The zero-order chi connectivity index (χ0) is 20.8. The van der Waals surface area contributed by atoms with Crippen LogP contribution in [0.1, 0.15) is 6.42 Å². The van der Waals surface area contributed by atoms with Crippen molar-refractivity contribution in [3.63, 3.8) is 0 Å². The molecule has 1 aliphatic heterocycles. The molecule has 9 nitrogen and oxygen atoms in total. The molecule has 0 unspecified atom stereocenters. The number of benzene rings is 2. The van der Waals surface area contributed by atoms with E-state index in [0.29, 0.717) is 5.75 Å². The van der Waals surface area contributed by atoms with E-state index < -0.39 is 23.4 Å². The number of esters is 1. The number of ether oxygens (including phenoxy) is 1. The Morgan fingerprint density at radius 3 is 2.69 bits per heavy atom. The largest absolute Gasteiger partial charge is 0.456 e. The lowest BCUT2D eigenvalue weighted by Crippen LogP contribution is -2.37. The summed E-state index contributed by atoms with van der Waals surface area (Å²) in [6.07, 6.45) is -0.0799. The Labute approximate surface area is 170 Å². The molecule has 1 heterocycles. The molecule has 2 amide bonds. The number of nitrogens with one attached hydrogen (secondary N) is 1. The fourth-order valence-corrected chi connectivity index (χ4v) is 3.68. The number of nitro groups is 1. The summed E-state index contributed by atoms with van der Waals surface area (Å²) >= 11 is 1.44. The van der Waals surface area contributed by atoms with Crippen molar-refractivity contribution in [2.24, 2.45) is 0 Å². The third-order valence-electron chi connectivity index (χ3n) is 4.09. The standard InChI is InChI=1S/C19H17N3O6S/c23-17(20-13-5-1-2-6-14(13)22(26)27)11-28-19(25)9-10-21-15-7-3-4-8-16(15)29-12-18(21)24/h1-8H,9-12H2,(H,20,23). The molecule has 0 aromatic heterocycles. The van der Waals surface area contributed by atoms with E-state index in [1.54, 1.807) is 6.07 Å². The highest BCUT2D eigenvalue weighted by Gasteiger charge is 2.25. The number of thioether (sulfide) groups is 1. The maximum atomic E-state index is 12.2. The van der Waals surface area contributed by atoms with Crippen molar-refractivity contribution >= 4 is 46.6 Å². The molecule has 2 aromatic carbocycles. The number of nitrogens with zero attached hydrogens (tertiary/aromatic N) is 2. The summed E-state index contributed by atoms with van der Waals surface area (Å²) in [4.78, 5) is 48.9. The SMILES string of the molecule is O=C(COC(=O)CCN1C(=O)CSc2ccccc21)Nc1ccccc1[N+](=O)[O-]. The first-order valence-electron chi connectivity index (χ1n) is 8.67. The predicted octanol–water partition coefficient (Wildman–Crippen LogP) is 2.61. The molecular weight excluding hydrogens is 398 g/mol. The van der Waals surface area contributed by atoms with Crippen LogP contribution in [0.5, 0.6) is 0 Å². The molecule has 0 spiro atoms. The second kappa shape index (κ2) is 9.20. The van der Waals surface area contributed by atoms with E-state index in [1.165, 1.54) is 34.9 Å². The number of fused-ring (bicyclic) bond motifs is 1. The summed E-state index contributed by atoms with van der Waals surface area (Å²) in [6, 6.07) is 13.1. The average Bonchev–Trinajstić information content (AvgIpc) is 2.71. The monoisotopic (exact) mass is 415 g/mol. The van der Waals surface area contributed by atoms with Gasteiger partial charge in [-0.15, -0.1) is 11.8 Å². The highest BCUT2D eigenvalue weighted by Crippen LogP contribution is 2.34. The first-order valence-corrected chi connectivity index (χ1v) is 9.65. The maximum Gasteiger partial charge on any atom is 0.308 e. The molecule has 3 rings (SSSR count). The minimum absolute atomic E-state index is 0.0200. The summed E-state index contributed by atoms with van der Waals surface area (Å²) < 4.78 is 4.93. The van der Waals surface area contributed by atoms with Gasteiger partial charge in [0, 0.05) is 17.5 Å². The summed E-state index contributed by atoms with van der Waals surface area (Å²) in [5.41, 5.74) is 0.509. The number of hydrogen-bond acceptors (Lipinski definition) is 7. The van der Waals surface area contributed by atoms with Crippen molar-refractivity contribution in [1.29, 1.82) is 0 Å². The Kier molecular flexibility index (Phi) is 6.45. The number of rotatable bonds is 7. The number of carbonyl (C=O) groups excluding carboxylic acids is 3. The van der Waals surface area contributed by atoms with Gasteiger partial charge in [0.05, 0.1) is 22.8 Å². The first-order chi connectivity index (χ1) is 14.0. The van der Waals surface area contributed by atoms with E-state index in [-0.39, 0.29) is 30.2 Å². The van der Waals surface area contributed by atoms with Gasteiger partial charge in [0.2, 0.25) is 5.91 Å². The van der Waals surface area contributed by atoms with Crippen molar-refractivity contribution in [2.75, 3.05) is 29.1 Å². The minimum atomic E-state index is -0.691. The van der Waals surface area contributed by atoms with Crippen LogP contribution in [-0.4, -0.2) is 41.6 Å². The molecule has 1 N–H and O–H groups in total. The van der Waals surface area contributed by atoms with Crippen LogP contribution >= 0.6 is 11.8 Å². The summed E-state index contributed by atoms with van der Waals surface area (Å²) in [7, 11) is 0. The second-order valence-electron chi connectivity index (χ2n) is 6.03. The number of nitro benzene ring substituents is 1. The number of carbonyl (C=O) groups is 3. The summed E-state index contributed by atoms with van der Waals surface area (Å²) in [5, 5.41) is 13.3. The van der Waals surface area contributed by atoms with Crippen LogP contribution in [0, 0.1) is 10.1 Å². The zero-order valence-corrected chi connectivity index (χ0v) is 16.0. The van der Waals surface area contributed by atoms with E-state index in [1.807, 2.05) is 24.3 Å². The van der Waals surface area contributed by atoms with Gasteiger partial charge in [-0.1, -0.05) is 24.3 Å². The molecule has 0 bridgehead atoms. The molecule has 0 radical (unpaired) electrons. The number of hydrogen-bond donors (Lipinski definition) is 1. The van der Waals surface area contributed by atoms with Gasteiger partial charge in [0.15, 0.2) is 6.61 Å². The lowest BCUT2D eigenvalue weighted by atomic mass is 10.2. The maximum absolute atomic E-state index is 12.2. The Hall–Kier alpha value is -3.40. The van der Waals surface area contributed by atoms with Gasteiger partial charge >= 0.3 is 5.97 Å². The molecule has 1 aliphatic rings. The molecule has 10 heteroatoms. The normalized spacial score (nSPS) is 12.8. The van der Waals surface area contributed by atoms with Crippen LogP contribution in [0.3, 0.4) is 0 Å². The fraction of sp³-hybridized carbons (Fsp3) is 0.211. The molecule has 2 aromatic rings. The van der Waals surface area contributed by atoms with Crippen LogP contribution in [0.4, 0.5) is 17.1 Å². The van der Waals surface area contributed by atoms with E-state index in [4.69, 9.17) is 4.74 Å². The van der Waals surface area contributed by atoms with Gasteiger partial charge in [-0.05, 0) is 18.2 Å². The topological polar surface area (TPSA) is 119 Å². The average molecular weight is 415 g/mol. The van der Waals surface area contributed by atoms with Gasteiger partial charge in [-0.2, -0.15) is 0 Å². The zero-order valence-electron chi connectivity index (χ0n) is 15.2. The lowest BCUT2D eigenvalue weighted by molar-refractivity contribution is -0.383. The van der Waals surface area contributed by atoms with Gasteiger partial charge in [-0.25, -0.2) is 0 Å². The smallest absolute Gasteiger partial charge is 0.308 e. The van der Waals surface area contributed by atoms with Crippen LogP contribution in [-0.2, 0) is 19.1 Å². The molecule has 29 heavy (non-hydrogen) atoms. The van der Waals surface area contributed by atoms with Crippen molar-refractivity contribution in [2.45, 2.75) is 11.3 Å². The molecule has 0 atom stereocenters. The van der Waals surface area contributed by atoms with Gasteiger partial charge in [0.1, 0.15) is 5.69 Å². The van der Waals surface area contributed by atoms with E-state index in [0.717, 1.165) is 10.6 Å². The van der Waals surface area contributed by atoms with Crippen molar-refractivity contribution in [1.82, 2.24) is 0 Å². The van der Waals surface area contributed by atoms with Gasteiger partial charge in [-0.3, -0.25) is 24.5 Å². The minimum Gasteiger partial charge on any atom is -0.456 e. The fourth-order valence-electron chi connectivity index (χ4n) is 2.75. The molecule has 150 valence electrons. The molecular formula is C19H17N3O6S. The van der Waals surface area contributed by atoms with Crippen LogP contribution in [0.2, 0.25) is 0 Å². The van der Waals surface area contributed by atoms with E-state index in [9.17, 15) is 24.5 Å². The summed E-state index contributed by atoms with van der Waals surface area (Å²) in [5.74, 6) is -1.14. The Bertz CT molecular complexity index is 964. The van der Waals surface area contributed by atoms with E-state index in [2.05, 4.69) is 5.32 Å². The third kappa shape index (κ3) is 5.11.